The topological polar surface area (TPSA) is 120 Å². The quantitative estimate of drug-likeness (QED) is 0.726. The van der Waals surface area contributed by atoms with E-state index in [-0.39, 0.29) is 5.75 Å². The average molecular weight is 404 g/mol. The Balaban J connectivity index is 1.27. The summed E-state index contributed by atoms with van der Waals surface area (Å²) >= 11 is 1.21. The number of hydrogen-bond donors (Lipinski definition) is 2. The third kappa shape index (κ3) is 4.35. The molecule has 28 heavy (non-hydrogen) atoms. The molecular formula is C17H20N6O4S. The molecule has 1 aliphatic heterocycles. The molecule has 0 saturated heterocycles. The molecule has 2 aromatic rings. The molecule has 11 heteroatoms. The molecule has 0 bridgehead atoms. The highest BCUT2D eigenvalue weighted by Gasteiger charge is 2.22. The Bertz CT molecular complexity index is 867. The fraction of sp³-hybridized carbons (Fsp3) is 0.471. The highest BCUT2D eigenvalue weighted by Crippen LogP contribution is 2.33. The molecule has 1 aromatic carbocycles. The molecule has 148 valence electrons. The molecule has 0 atom stereocenters. The summed E-state index contributed by atoms with van der Waals surface area (Å²) in [4.78, 5) is 24.1. The Kier molecular flexibility index (Phi) is 5.60. The van der Waals surface area contributed by atoms with Crippen LogP contribution in [0.25, 0.3) is 0 Å². The van der Waals surface area contributed by atoms with Crippen molar-refractivity contribution in [2.75, 3.05) is 24.3 Å². The van der Waals surface area contributed by atoms with Crippen LogP contribution in [0.1, 0.15) is 31.7 Å². The lowest BCUT2D eigenvalue weighted by molar-refractivity contribution is -0.117. The number of ether oxygens (including phenoxy) is 2. The molecule has 1 fully saturated rings. The van der Waals surface area contributed by atoms with E-state index in [1.54, 1.807) is 22.9 Å². The first-order valence-electron chi connectivity index (χ1n) is 9.10. The second kappa shape index (κ2) is 8.46. The number of hydrogen-bond acceptors (Lipinski definition) is 8. The van der Waals surface area contributed by atoms with Gasteiger partial charge in [0, 0.05) is 11.8 Å². The summed E-state index contributed by atoms with van der Waals surface area (Å²) in [5, 5.41) is 17.2. The summed E-state index contributed by atoms with van der Waals surface area (Å²) in [5.74, 6) is 0.803. The van der Waals surface area contributed by atoms with Gasteiger partial charge in [-0.15, -0.1) is 5.10 Å². The number of carbonyl (C=O) groups is 2. The van der Waals surface area contributed by atoms with Gasteiger partial charge in [-0.2, -0.15) is 0 Å². The molecule has 10 nitrogen and oxygen atoms in total. The highest BCUT2D eigenvalue weighted by atomic mass is 32.2. The molecule has 3 amide bonds. The van der Waals surface area contributed by atoms with Gasteiger partial charge in [0.05, 0.1) is 11.8 Å². The van der Waals surface area contributed by atoms with Gasteiger partial charge >= 0.3 is 6.03 Å². The van der Waals surface area contributed by atoms with Gasteiger partial charge in [0.2, 0.25) is 11.1 Å². The summed E-state index contributed by atoms with van der Waals surface area (Å²) in [6.45, 7) is 0.954. The first kappa shape index (κ1) is 18.5. The van der Waals surface area contributed by atoms with E-state index >= 15 is 0 Å². The SMILES string of the molecule is O=C(CSc1nnnn1C1CCCC1)NC(=O)Nc1ccc2c(c1)OCCO2. The van der Waals surface area contributed by atoms with Crippen molar-refractivity contribution in [1.29, 1.82) is 0 Å². The molecule has 0 spiro atoms. The zero-order valence-corrected chi connectivity index (χ0v) is 15.9. The Morgan fingerprint density at radius 1 is 1.18 bits per heavy atom. The van der Waals surface area contributed by atoms with E-state index in [0.717, 1.165) is 25.7 Å². The predicted molar refractivity (Wildman–Crippen MR) is 101 cm³/mol. The number of amides is 3. The van der Waals surface area contributed by atoms with Gasteiger partial charge in [0.25, 0.3) is 0 Å². The largest absolute Gasteiger partial charge is 0.486 e. The van der Waals surface area contributed by atoms with Crippen LogP contribution in [-0.4, -0.2) is 51.1 Å². The Morgan fingerprint density at radius 2 is 1.96 bits per heavy atom. The van der Waals surface area contributed by atoms with Crippen LogP contribution in [-0.2, 0) is 4.79 Å². The van der Waals surface area contributed by atoms with Crippen molar-refractivity contribution in [3.8, 4) is 11.5 Å². The van der Waals surface area contributed by atoms with E-state index in [1.807, 2.05) is 0 Å². The number of nitrogens with zero attached hydrogens (tertiary/aromatic N) is 4. The van der Waals surface area contributed by atoms with Gasteiger partial charge in [-0.3, -0.25) is 10.1 Å². The van der Waals surface area contributed by atoms with E-state index in [0.29, 0.717) is 41.6 Å². The molecule has 1 aliphatic carbocycles. The minimum absolute atomic E-state index is 0.0433. The third-order valence-corrected chi connectivity index (χ3v) is 5.45. The maximum absolute atomic E-state index is 12.1. The lowest BCUT2D eigenvalue weighted by Gasteiger charge is -2.19. The number of imide groups is 1. The van der Waals surface area contributed by atoms with Crippen molar-refractivity contribution in [3.05, 3.63) is 18.2 Å². The van der Waals surface area contributed by atoms with Crippen molar-refractivity contribution < 1.29 is 19.1 Å². The number of aromatic nitrogens is 4. The van der Waals surface area contributed by atoms with Crippen molar-refractivity contribution in [1.82, 2.24) is 25.5 Å². The average Bonchev–Trinajstić information content (AvgIpc) is 3.37. The van der Waals surface area contributed by atoms with Crippen LogP contribution in [0.2, 0.25) is 0 Å². The molecular weight excluding hydrogens is 384 g/mol. The van der Waals surface area contributed by atoms with Crippen molar-refractivity contribution >= 4 is 29.4 Å². The number of anilines is 1. The van der Waals surface area contributed by atoms with E-state index in [4.69, 9.17) is 9.47 Å². The van der Waals surface area contributed by atoms with Crippen LogP contribution >= 0.6 is 11.8 Å². The second-order valence-corrected chi connectivity index (χ2v) is 7.44. The fourth-order valence-electron chi connectivity index (χ4n) is 3.23. The number of benzene rings is 1. The smallest absolute Gasteiger partial charge is 0.325 e. The zero-order valence-electron chi connectivity index (χ0n) is 15.1. The normalized spacial score (nSPS) is 16.0. The molecule has 1 aromatic heterocycles. The number of thioether (sulfide) groups is 1. The van der Waals surface area contributed by atoms with Gasteiger partial charge in [0.1, 0.15) is 13.2 Å². The van der Waals surface area contributed by atoms with Crippen LogP contribution < -0.4 is 20.1 Å². The Labute approximate surface area is 165 Å². The van der Waals surface area contributed by atoms with Gasteiger partial charge in [-0.1, -0.05) is 24.6 Å². The third-order valence-electron chi connectivity index (χ3n) is 4.52. The summed E-state index contributed by atoms with van der Waals surface area (Å²) in [5.41, 5.74) is 0.507. The Hall–Kier alpha value is -2.82. The first-order chi connectivity index (χ1) is 13.7. The summed E-state index contributed by atoms with van der Waals surface area (Å²) in [6, 6.07) is 4.73. The van der Waals surface area contributed by atoms with Crippen molar-refractivity contribution in [2.45, 2.75) is 36.9 Å². The summed E-state index contributed by atoms with van der Waals surface area (Å²) in [6.07, 6.45) is 4.41. The minimum Gasteiger partial charge on any atom is -0.486 e. The molecule has 2 heterocycles. The molecule has 1 saturated carbocycles. The number of rotatable bonds is 5. The first-order valence-corrected chi connectivity index (χ1v) is 10.1. The predicted octanol–water partition coefficient (Wildman–Crippen LogP) is 2.00. The maximum atomic E-state index is 12.1. The molecule has 0 radical (unpaired) electrons. The van der Waals surface area contributed by atoms with Crippen LogP contribution in [0, 0.1) is 0 Å². The van der Waals surface area contributed by atoms with Crippen LogP contribution in [0.4, 0.5) is 10.5 Å². The van der Waals surface area contributed by atoms with Crippen LogP contribution in [0.5, 0.6) is 11.5 Å². The summed E-state index contributed by atoms with van der Waals surface area (Å²) in [7, 11) is 0. The van der Waals surface area contributed by atoms with Crippen LogP contribution in [0.15, 0.2) is 23.4 Å². The van der Waals surface area contributed by atoms with Gasteiger partial charge in [-0.25, -0.2) is 9.48 Å². The van der Waals surface area contributed by atoms with E-state index < -0.39 is 11.9 Å². The van der Waals surface area contributed by atoms with E-state index in [9.17, 15) is 9.59 Å². The number of nitrogens with one attached hydrogen (secondary N) is 2. The lowest BCUT2D eigenvalue weighted by atomic mass is 10.2. The maximum Gasteiger partial charge on any atom is 0.325 e. The molecule has 0 unspecified atom stereocenters. The van der Waals surface area contributed by atoms with Gasteiger partial charge in [0.15, 0.2) is 11.5 Å². The van der Waals surface area contributed by atoms with Crippen molar-refractivity contribution in [2.24, 2.45) is 0 Å². The van der Waals surface area contributed by atoms with Gasteiger partial charge < -0.3 is 14.8 Å². The number of urea groups is 1. The summed E-state index contributed by atoms with van der Waals surface area (Å²) < 4.78 is 12.7. The minimum atomic E-state index is -0.613. The van der Waals surface area contributed by atoms with Crippen molar-refractivity contribution in [3.63, 3.8) is 0 Å². The monoisotopic (exact) mass is 404 g/mol. The molecule has 2 N–H and O–H groups in total. The standard InChI is InChI=1S/C17H20N6O4S/c24-15(10-28-17-20-21-22-23(17)12-3-1-2-4-12)19-16(25)18-11-5-6-13-14(9-11)27-8-7-26-13/h5-6,9,12H,1-4,7-8,10H2,(H2,18,19,24,25). The van der Waals surface area contributed by atoms with E-state index in [1.165, 1.54) is 11.8 Å². The van der Waals surface area contributed by atoms with Gasteiger partial charge in [-0.05, 0) is 35.4 Å². The fourth-order valence-corrected chi connectivity index (χ4v) is 3.98. The zero-order chi connectivity index (χ0) is 19.3. The second-order valence-electron chi connectivity index (χ2n) is 6.49. The van der Waals surface area contributed by atoms with Crippen LogP contribution in [0.3, 0.4) is 0 Å². The number of tetrazole rings is 1. The highest BCUT2D eigenvalue weighted by molar-refractivity contribution is 7.99. The number of carbonyl (C=O) groups excluding carboxylic acids is 2. The lowest BCUT2D eigenvalue weighted by Crippen LogP contribution is -2.35. The van der Waals surface area contributed by atoms with E-state index in [2.05, 4.69) is 26.2 Å². The Morgan fingerprint density at radius 3 is 2.79 bits per heavy atom. The molecule has 4 rings (SSSR count). The number of fused-ring (bicyclic) bond motifs is 1. The molecule has 2 aliphatic rings.